The lowest BCUT2D eigenvalue weighted by Crippen LogP contribution is -2.19. The summed E-state index contributed by atoms with van der Waals surface area (Å²) in [5.41, 5.74) is 5.70. The van der Waals surface area contributed by atoms with Crippen molar-refractivity contribution in [2.45, 2.75) is 50.7 Å². The van der Waals surface area contributed by atoms with Crippen LogP contribution in [0.25, 0.3) is 0 Å². The van der Waals surface area contributed by atoms with Crippen molar-refractivity contribution >= 4 is 5.95 Å². The third-order valence-electron chi connectivity index (χ3n) is 3.47. The Kier molecular flexibility index (Phi) is 2.28. The van der Waals surface area contributed by atoms with Gasteiger partial charge in [0.15, 0.2) is 0 Å². The van der Waals surface area contributed by atoms with Gasteiger partial charge in [-0.25, -0.2) is 4.98 Å². The van der Waals surface area contributed by atoms with E-state index in [1.165, 1.54) is 6.42 Å². The van der Waals surface area contributed by atoms with E-state index in [0.29, 0.717) is 24.1 Å². The molecule has 3 heterocycles. The number of rotatable bonds is 2. The predicted molar refractivity (Wildman–Crippen MR) is 58.9 cm³/mol. The van der Waals surface area contributed by atoms with Gasteiger partial charge in [0.05, 0.1) is 12.2 Å². The first-order valence-corrected chi connectivity index (χ1v) is 5.92. The van der Waals surface area contributed by atoms with Crippen LogP contribution in [-0.4, -0.2) is 27.2 Å². The number of nitrogen functional groups attached to an aromatic ring is 1. The van der Waals surface area contributed by atoms with Crippen LogP contribution in [0.2, 0.25) is 0 Å². The molecule has 1 aromatic rings. The molecule has 1 aromatic heterocycles. The maximum atomic E-state index is 5.81. The molecule has 0 radical (unpaired) electrons. The molecule has 0 aliphatic carbocycles. The van der Waals surface area contributed by atoms with E-state index >= 15 is 0 Å². The van der Waals surface area contributed by atoms with Crippen molar-refractivity contribution in [2.24, 2.45) is 0 Å². The van der Waals surface area contributed by atoms with E-state index in [9.17, 15) is 0 Å². The third-order valence-corrected chi connectivity index (χ3v) is 3.47. The summed E-state index contributed by atoms with van der Waals surface area (Å²) < 4.78 is 5.81. The van der Waals surface area contributed by atoms with Gasteiger partial charge >= 0.3 is 0 Å². The predicted octanol–water partition coefficient (Wildman–Crippen LogP) is 1.05. The quantitative estimate of drug-likeness (QED) is 0.806. The van der Waals surface area contributed by atoms with Crippen LogP contribution in [-0.2, 0) is 11.2 Å². The second-order valence-corrected chi connectivity index (χ2v) is 4.54. The SMILES string of the molecule is CCc1nc(N)nc(C2CC3CCC2O3)n1. The Morgan fingerprint density at radius 3 is 2.81 bits per heavy atom. The number of hydrogen-bond acceptors (Lipinski definition) is 5. The third kappa shape index (κ3) is 1.55. The topological polar surface area (TPSA) is 73.9 Å². The Hall–Kier alpha value is -1.23. The number of nitrogens with zero attached hydrogens (tertiary/aromatic N) is 3. The molecule has 0 spiro atoms. The lowest BCUT2D eigenvalue weighted by Gasteiger charge is -2.17. The molecule has 2 N–H and O–H groups in total. The van der Waals surface area contributed by atoms with Gasteiger partial charge in [-0.1, -0.05) is 6.92 Å². The summed E-state index contributed by atoms with van der Waals surface area (Å²) in [6, 6.07) is 0. The van der Waals surface area contributed by atoms with Crippen molar-refractivity contribution in [1.29, 1.82) is 0 Å². The zero-order valence-electron chi connectivity index (χ0n) is 9.39. The van der Waals surface area contributed by atoms with Gasteiger partial charge in [-0.3, -0.25) is 0 Å². The highest BCUT2D eigenvalue weighted by Crippen LogP contribution is 2.43. The van der Waals surface area contributed by atoms with E-state index in [-0.39, 0.29) is 0 Å². The van der Waals surface area contributed by atoms with Gasteiger partial charge in [-0.05, 0) is 19.3 Å². The van der Waals surface area contributed by atoms with Gasteiger partial charge in [0.1, 0.15) is 11.6 Å². The Morgan fingerprint density at radius 1 is 1.31 bits per heavy atom. The lowest BCUT2D eigenvalue weighted by molar-refractivity contribution is 0.0998. The molecule has 3 rings (SSSR count). The van der Waals surface area contributed by atoms with Crippen molar-refractivity contribution in [1.82, 2.24) is 15.0 Å². The largest absolute Gasteiger partial charge is 0.374 e. The van der Waals surface area contributed by atoms with Gasteiger partial charge in [-0.15, -0.1) is 0 Å². The van der Waals surface area contributed by atoms with Crippen LogP contribution in [0.15, 0.2) is 0 Å². The summed E-state index contributed by atoms with van der Waals surface area (Å²) in [4.78, 5) is 12.8. The maximum Gasteiger partial charge on any atom is 0.223 e. The standard InChI is InChI=1S/C11H16N4O/c1-2-9-13-10(15-11(12)14-9)7-5-6-3-4-8(7)16-6/h6-8H,2-5H2,1H3,(H2,12,13,14,15). The van der Waals surface area contributed by atoms with Crippen LogP contribution in [0.1, 0.15) is 43.8 Å². The lowest BCUT2D eigenvalue weighted by atomic mass is 9.88. The molecule has 2 saturated heterocycles. The molecule has 0 saturated carbocycles. The monoisotopic (exact) mass is 220 g/mol. The van der Waals surface area contributed by atoms with Crippen molar-refractivity contribution < 1.29 is 4.74 Å². The molecule has 5 nitrogen and oxygen atoms in total. The number of fused-ring (bicyclic) bond motifs is 2. The van der Waals surface area contributed by atoms with Crippen LogP contribution in [0, 0.1) is 0 Å². The highest BCUT2D eigenvalue weighted by molar-refractivity contribution is 5.19. The first-order valence-electron chi connectivity index (χ1n) is 5.92. The zero-order valence-corrected chi connectivity index (χ0v) is 9.39. The summed E-state index contributed by atoms with van der Waals surface area (Å²) in [5, 5.41) is 0. The van der Waals surface area contributed by atoms with E-state index in [4.69, 9.17) is 10.5 Å². The first kappa shape index (κ1) is 9.96. The molecule has 3 unspecified atom stereocenters. The van der Waals surface area contributed by atoms with Crippen molar-refractivity contribution in [3.63, 3.8) is 0 Å². The molecular weight excluding hydrogens is 204 g/mol. The van der Waals surface area contributed by atoms with Crippen LogP contribution in [0.4, 0.5) is 5.95 Å². The second-order valence-electron chi connectivity index (χ2n) is 4.54. The molecule has 2 aliphatic rings. The van der Waals surface area contributed by atoms with Gasteiger partial charge < -0.3 is 10.5 Å². The summed E-state index contributed by atoms with van der Waals surface area (Å²) in [7, 11) is 0. The van der Waals surface area contributed by atoms with E-state index < -0.39 is 0 Å². The Labute approximate surface area is 94.5 Å². The number of nitrogens with two attached hydrogens (primary N) is 1. The summed E-state index contributed by atoms with van der Waals surface area (Å²) in [6.07, 6.45) is 4.86. The molecule has 2 fully saturated rings. The molecule has 86 valence electrons. The first-order chi connectivity index (χ1) is 7.76. The number of aryl methyl sites for hydroxylation is 1. The molecule has 2 aliphatic heterocycles. The smallest absolute Gasteiger partial charge is 0.223 e. The van der Waals surface area contributed by atoms with Crippen LogP contribution < -0.4 is 5.73 Å². The Morgan fingerprint density at radius 2 is 2.19 bits per heavy atom. The van der Waals surface area contributed by atoms with E-state index in [2.05, 4.69) is 15.0 Å². The average Bonchev–Trinajstić information content (AvgIpc) is 2.89. The van der Waals surface area contributed by atoms with E-state index in [1.807, 2.05) is 6.92 Å². The van der Waals surface area contributed by atoms with Crippen LogP contribution in [0.3, 0.4) is 0 Å². The fourth-order valence-electron chi connectivity index (χ4n) is 2.69. The highest BCUT2D eigenvalue weighted by Gasteiger charge is 2.43. The Balaban J connectivity index is 1.91. The zero-order chi connectivity index (χ0) is 11.1. The summed E-state index contributed by atoms with van der Waals surface area (Å²) in [5.74, 6) is 2.28. The van der Waals surface area contributed by atoms with E-state index in [0.717, 1.165) is 30.9 Å². The maximum absolute atomic E-state index is 5.81. The van der Waals surface area contributed by atoms with Crippen molar-refractivity contribution in [3.8, 4) is 0 Å². The van der Waals surface area contributed by atoms with Gasteiger partial charge in [0.25, 0.3) is 0 Å². The molecule has 2 bridgehead atoms. The molecular formula is C11H16N4O. The minimum absolute atomic E-state index is 0.302. The number of hydrogen-bond donors (Lipinski definition) is 1. The second kappa shape index (κ2) is 3.66. The molecule has 16 heavy (non-hydrogen) atoms. The summed E-state index contributed by atoms with van der Waals surface area (Å²) >= 11 is 0. The van der Waals surface area contributed by atoms with Crippen molar-refractivity contribution in [3.05, 3.63) is 11.6 Å². The minimum atomic E-state index is 0.302. The fraction of sp³-hybridized carbons (Fsp3) is 0.727. The van der Waals surface area contributed by atoms with Crippen LogP contribution >= 0.6 is 0 Å². The van der Waals surface area contributed by atoms with Gasteiger partial charge in [0.2, 0.25) is 5.95 Å². The van der Waals surface area contributed by atoms with Gasteiger partial charge in [0, 0.05) is 12.3 Å². The Bertz CT molecular complexity index is 409. The highest BCUT2D eigenvalue weighted by atomic mass is 16.5. The normalized spacial score (nSPS) is 32.2. The number of ether oxygens (including phenoxy) is 1. The minimum Gasteiger partial charge on any atom is -0.374 e. The fourth-order valence-corrected chi connectivity index (χ4v) is 2.69. The number of anilines is 1. The molecule has 0 aromatic carbocycles. The number of aromatic nitrogens is 3. The van der Waals surface area contributed by atoms with Gasteiger partial charge in [-0.2, -0.15) is 9.97 Å². The average molecular weight is 220 g/mol. The van der Waals surface area contributed by atoms with E-state index in [1.54, 1.807) is 0 Å². The molecule has 5 heteroatoms. The van der Waals surface area contributed by atoms with Crippen LogP contribution in [0.5, 0.6) is 0 Å². The molecule has 3 atom stereocenters. The van der Waals surface area contributed by atoms with Crippen molar-refractivity contribution in [2.75, 3.05) is 5.73 Å². The molecule has 0 amide bonds. The summed E-state index contributed by atoms with van der Waals surface area (Å²) in [6.45, 7) is 2.02.